The van der Waals surface area contributed by atoms with Gasteiger partial charge in [-0.2, -0.15) is 0 Å². The second-order valence-corrected chi connectivity index (χ2v) is 4.25. The van der Waals surface area contributed by atoms with Crippen molar-refractivity contribution in [2.45, 2.75) is 19.9 Å². The Morgan fingerprint density at radius 2 is 2.12 bits per heavy atom. The summed E-state index contributed by atoms with van der Waals surface area (Å²) in [6, 6.07) is 6.86. The van der Waals surface area contributed by atoms with Crippen LogP contribution in [0.2, 0.25) is 0 Å². The monoisotopic (exact) mass is 225 g/mol. The van der Waals surface area contributed by atoms with E-state index in [2.05, 4.69) is 12.2 Å². The molecule has 2 nitrogen and oxygen atoms in total. The SMILES string of the molecule is COCC(C)CNC(C)c1cccc(F)c1. The van der Waals surface area contributed by atoms with E-state index in [-0.39, 0.29) is 11.9 Å². The summed E-state index contributed by atoms with van der Waals surface area (Å²) in [5, 5.41) is 3.36. The number of nitrogens with one attached hydrogen (secondary N) is 1. The number of hydrogen-bond acceptors (Lipinski definition) is 2. The molecule has 0 amide bonds. The van der Waals surface area contributed by atoms with Crippen LogP contribution in [0.15, 0.2) is 24.3 Å². The highest BCUT2D eigenvalue weighted by atomic mass is 19.1. The Morgan fingerprint density at radius 3 is 2.75 bits per heavy atom. The Hall–Kier alpha value is -0.930. The van der Waals surface area contributed by atoms with Gasteiger partial charge in [0.1, 0.15) is 5.82 Å². The lowest BCUT2D eigenvalue weighted by atomic mass is 10.1. The standard InChI is InChI=1S/C13H20FNO/c1-10(9-16-3)8-15-11(2)12-5-4-6-13(14)7-12/h4-7,10-11,15H,8-9H2,1-3H3. The van der Waals surface area contributed by atoms with Crippen molar-refractivity contribution >= 4 is 0 Å². The first-order valence-corrected chi connectivity index (χ1v) is 5.61. The van der Waals surface area contributed by atoms with Crippen molar-refractivity contribution in [2.24, 2.45) is 5.92 Å². The van der Waals surface area contributed by atoms with Crippen molar-refractivity contribution < 1.29 is 9.13 Å². The predicted molar refractivity (Wildman–Crippen MR) is 63.9 cm³/mol. The minimum Gasteiger partial charge on any atom is -0.384 e. The zero-order valence-corrected chi connectivity index (χ0v) is 10.2. The molecule has 0 fully saturated rings. The van der Waals surface area contributed by atoms with E-state index >= 15 is 0 Å². The molecule has 0 bridgehead atoms. The molecule has 16 heavy (non-hydrogen) atoms. The minimum atomic E-state index is -0.184. The minimum absolute atomic E-state index is 0.162. The summed E-state index contributed by atoms with van der Waals surface area (Å²) in [7, 11) is 1.70. The smallest absolute Gasteiger partial charge is 0.123 e. The van der Waals surface area contributed by atoms with Crippen LogP contribution in [0.1, 0.15) is 25.5 Å². The van der Waals surface area contributed by atoms with Crippen LogP contribution in [0, 0.1) is 11.7 Å². The van der Waals surface area contributed by atoms with E-state index in [1.165, 1.54) is 6.07 Å². The highest BCUT2D eigenvalue weighted by Crippen LogP contribution is 2.13. The fourth-order valence-corrected chi connectivity index (χ4v) is 1.62. The van der Waals surface area contributed by atoms with Gasteiger partial charge in [-0.05, 0) is 30.5 Å². The molecule has 0 aliphatic rings. The number of halogens is 1. The van der Waals surface area contributed by atoms with Gasteiger partial charge in [0.2, 0.25) is 0 Å². The van der Waals surface area contributed by atoms with Crippen LogP contribution >= 0.6 is 0 Å². The zero-order valence-electron chi connectivity index (χ0n) is 10.2. The third kappa shape index (κ3) is 4.29. The first-order valence-electron chi connectivity index (χ1n) is 5.61. The molecule has 0 heterocycles. The van der Waals surface area contributed by atoms with Gasteiger partial charge in [0.05, 0.1) is 0 Å². The predicted octanol–water partition coefficient (Wildman–Crippen LogP) is 2.76. The molecule has 90 valence electrons. The first kappa shape index (κ1) is 13.1. The molecule has 0 spiro atoms. The van der Waals surface area contributed by atoms with Crippen LogP contribution in [0.3, 0.4) is 0 Å². The molecular formula is C13H20FNO. The molecule has 0 aromatic heterocycles. The van der Waals surface area contributed by atoms with Gasteiger partial charge in [0, 0.05) is 26.3 Å². The average molecular weight is 225 g/mol. The van der Waals surface area contributed by atoms with Crippen molar-refractivity contribution in [1.29, 1.82) is 0 Å². The summed E-state index contributed by atoms with van der Waals surface area (Å²) in [4.78, 5) is 0. The Balaban J connectivity index is 2.43. The number of benzene rings is 1. The summed E-state index contributed by atoms with van der Waals surface area (Å²) < 4.78 is 18.1. The lowest BCUT2D eigenvalue weighted by molar-refractivity contribution is 0.157. The zero-order chi connectivity index (χ0) is 12.0. The van der Waals surface area contributed by atoms with E-state index in [1.54, 1.807) is 19.2 Å². The van der Waals surface area contributed by atoms with Crippen LogP contribution < -0.4 is 5.32 Å². The molecular weight excluding hydrogens is 205 g/mol. The van der Waals surface area contributed by atoms with Gasteiger partial charge in [0.25, 0.3) is 0 Å². The molecule has 1 rings (SSSR count). The van der Waals surface area contributed by atoms with E-state index in [0.29, 0.717) is 5.92 Å². The molecule has 0 aliphatic carbocycles. The van der Waals surface area contributed by atoms with Gasteiger partial charge >= 0.3 is 0 Å². The molecule has 0 saturated heterocycles. The largest absolute Gasteiger partial charge is 0.384 e. The van der Waals surface area contributed by atoms with E-state index in [4.69, 9.17) is 4.74 Å². The molecule has 0 radical (unpaired) electrons. The van der Waals surface area contributed by atoms with Gasteiger partial charge in [-0.15, -0.1) is 0 Å². The van der Waals surface area contributed by atoms with Crippen molar-refractivity contribution in [3.8, 4) is 0 Å². The molecule has 1 N–H and O–H groups in total. The summed E-state index contributed by atoms with van der Waals surface area (Å²) in [5.41, 5.74) is 0.976. The quantitative estimate of drug-likeness (QED) is 0.803. The lowest BCUT2D eigenvalue weighted by Crippen LogP contribution is -2.26. The maximum atomic E-state index is 13.0. The third-order valence-corrected chi connectivity index (χ3v) is 2.57. The molecule has 3 heteroatoms. The normalized spacial score (nSPS) is 14.8. The fraction of sp³-hybridized carbons (Fsp3) is 0.538. The molecule has 2 unspecified atom stereocenters. The van der Waals surface area contributed by atoms with Crippen molar-refractivity contribution in [3.05, 3.63) is 35.6 Å². The summed E-state index contributed by atoms with van der Waals surface area (Å²) in [6.07, 6.45) is 0. The van der Waals surface area contributed by atoms with Gasteiger partial charge < -0.3 is 10.1 Å². The van der Waals surface area contributed by atoms with Crippen LogP contribution in [0.4, 0.5) is 4.39 Å². The fourth-order valence-electron chi connectivity index (χ4n) is 1.62. The topological polar surface area (TPSA) is 21.3 Å². The van der Waals surface area contributed by atoms with Crippen LogP contribution in [0.25, 0.3) is 0 Å². The van der Waals surface area contributed by atoms with E-state index < -0.39 is 0 Å². The van der Waals surface area contributed by atoms with Crippen LogP contribution in [0.5, 0.6) is 0 Å². The van der Waals surface area contributed by atoms with Gasteiger partial charge in [-0.1, -0.05) is 19.1 Å². The number of hydrogen-bond donors (Lipinski definition) is 1. The van der Waals surface area contributed by atoms with Gasteiger partial charge in [-0.3, -0.25) is 0 Å². The highest BCUT2D eigenvalue weighted by Gasteiger charge is 2.07. The summed E-state index contributed by atoms with van der Waals surface area (Å²) in [6.45, 7) is 5.76. The van der Waals surface area contributed by atoms with E-state index in [9.17, 15) is 4.39 Å². The third-order valence-electron chi connectivity index (χ3n) is 2.57. The molecule has 2 atom stereocenters. The van der Waals surface area contributed by atoms with Crippen LogP contribution in [-0.4, -0.2) is 20.3 Å². The Bertz CT molecular complexity index is 317. The van der Waals surface area contributed by atoms with Gasteiger partial charge in [0.15, 0.2) is 0 Å². The van der Waals surface area contributed by atoms with Crippen molar-refractivity contribution in [2.75, 3.05) is 20.3 Å². The molecule has 1 aromatic rings. The molecule has 0 saturated carbocycles. The van der Waals surface area contributed by atoms with E-state index in [0.717, 1.165) is 18.7 Å². The number of ether oxygens (including phenoxy) is 1. The maximum absolute atomic E-state index is 13.0. The summed E-state index contributed by atoms with van der Waals surface area (Å²) >= 11 is 0. The van der Waals surface area contributed by atoms with Crippen molar-refractivity contribution in [1.82, 2.24) is 5.32 Å². The van der Waals surface area contributed by atoms with E-state index in [1.807, 2.05) is 13.0 Å². The van der Waals surface area contributed by atoms with Crippen molar-refractivity contribution in [3.63, 3.8) is 0 Å². The highest BCUT2D eigenvalue weighted by molar-refractivity contribution is 5.19. The Morgan fingerprint density at radius 1 is 1.38 bits per heavy atom. The second-order valence-electron chi connectivity index (χ2n) is 4.25. The van der Waals surface area contributed by atoms with Crippen LogP contribution in [-0.2, 0) is 4.74 Å². The number of methoxy groups -OCH3 is 1. The molecule has 1 aromatic carbocycles. The Kier molecular flexibility index (Phi) is 5.43. The Labute approximate surface area is 96.8 Å². The second kappa shape index (κ2) is 6.61. The summed E-state index contributed by atoms with van der Waals surface area (Å²) in [5.74, 6) is 0.275. The molecule has 0 aliphatic heterocycles. The van der Waals surface area contributed by atoms with Gasteiger partial charge in [-0.25, -0.2) is 4.39 Å². The number of rotatable bonds is 6. The first-order chi connectivity index (χ1) is 7.63. The lowest BCUT2D eigenvalue weighted by Gasteiger charge is -2.17. The maximum Gasteiger partial charge on any atom is 0.123 e. The average Bonchev–Trinajstić information content (AvgIpc) is 2.26.